The van der Waals surface area contributed by atoms with Gasteiger partial charge in [-0.05, 0) is 54.3 Å². The number of hydrogen-bond donors (Lipinski definition) is 2. The maximum absolute atomic E-state index is 12.7. The molecule has 0 atom stereocenters. The van der Waals surface area contributed by atoms with Crippen LogP contribution >= 0.6 is 0 Å². The molecule has 6 nitrogen and oxygen atoms in total. The number of amides is 1. The molecular weight excluding hydrogens is 424 g/mol. The Balaban J connectivity index is 1.63. The molecule has 2 N–H and O–H groups in total. The zero-order valence-electron chi connectivity index (χ0n) is 18.5. The lowest BCUT2D eigenvalue weighted by Gasteiger charge is -2.15. The molecule has 0 heterocycles. The van der Waals surface area contributed by atoms with Crippen molar-refractivity contribution in [2.45, 2.75) is 31.6 Å². The molecule has 0 fully saturated rings. The molecule has 168 valence electrons. The van der Waals surface area contributed by atoms with Crippen molar-refractivity contribution in [1.29, 1.82) is 0 Å². The van der Waals surface area contributed by atoms with Gasteiger partial charge in [0.05, 0.1) is 17.1 Å². The fourth-order valence-electron chi connectivity index (χ4n) is 3.31. The van der Waals surface area contributed by atoms with Crippen LogP contribution in [0.2, 0.25) is 0 Å². The van der Waals surface area contributed by atoms with Crippen molar-refractivity contribution >= 4 is 21.6 Å². The van der Waals surface area contributed by atoms with E-state index in [2.05, 4.69) is 23.9 Å². The minimum absolute atomic E-state index is 0.160. The van der Waals surface area contributed by atoms with E-state index in [0.29, 0.717) is 35.9 Å². The summed E-state index contributed by atoms with van der Waals surface area (Å²) < 4.78 is 33.7. The lowest BCUT2D eigenvalue weighted by atomic mass is 10.0. The van der Waals surface area contributed by atoms with Gasteiger partial charge in [0.1, 0.15) is 12.4 Å². The first-order valence-electron chi connectivity index (χ1n) is 10.5. The number of carbonyl (C=O) groups is 1. The molecule has 0 aliphatic heterocycles. The van der Waals surface area contributed by atoms with Crippen LogP contribution in [0.25, 0.3) is 0 Å². The summed E-state index contributed by atoms with van der Waals surface area (Å²) in [5, 5.41) is 2.84. The molecule has 0 bridgehead atoms. The van der Waals surface area contributed by atoms with Crippen LogP contribution < -0.4 is 14.8 Å². The van der Waals surface area contributed by atoms with Gasteiger partial charge in [-0.3, -0.25) is 9.52 Å². The van der Waals surface area contributed by atoms with E-state index in [1.54, 1.807) is 43.3 Å². The third kappa shape index (κ3) is 5.68. The highest BCUT2D eigenvalue weighted by atomic mass is 32.2. The molecule has 0 unspecified atom stereocenters. The summed E-state index contributed by atoms with van der Waals surface area (Å²) in [5.74, 6) is 0.861. The van der Waals surface area contributed by atoms with Gasteiger partial charge < -0.3 is 10.1 Å². The number of benzene rings is 3. The van der Waals surface area contributed by atoms with Crippen LogP contribution in [-0.2, 0) is 10.0 Å². The van der Waals surface area contributed by atoms with E-state index in [0.717, 1.165) is 11.3 Å². The molecule has 32 heavy (non-hydrogen) atoms. The number of sulfonamides is 1. The smallest absolute Gasteiger partial charge is 0.261 e. The quantitative estimate of drug-likeness (QED) is 0.460. The Hall–Kier alpha value is -3.32. The van der Waals surface area contributed by atoms with E-state index >= 15 is 0 Å². The lowest BCUT2D eigenvalue weighted by Crippen LogP contribution is -2.29. The maximum atomic E-state index is 12.7. The molecule has 0 spiro atoms. The molecular formula is C25H28N2O4S. The SMILES string of the molecule is Cc1c(NS(=O)(=O)c2ccccc2)cccc1C(=O)NCCOc1ccccc1C(C)C. The third-order valence-corrected chi connectivity index (χ3v) is 6.44. The summed E-state index contributed by atoms with van der Waals surface area (Å²) in [6.45, 7) is 6.57. The van der Waals surface area contributed by atoms with Gasteiger partial charge in [0.15, 0.2) is 0 Å². The Morgan fingerprint density at radius 3 is 2.34 bits per heavy atom. The number of nitrogens with one attached hydrogen (secondary N) is 2. The molecule has 3 rings (SSSR count). The monoisotopic (exact) mass is 452 g/mol. The maximum Gasteiger partial charge on any atom is 0.261 e. The van der Waals surface area contributed by atoms with Gasteiger partial charge in [-0.2, -0.15) is 0 Å². The van der Waals surface area contributed by atoms with E-state index in [9.17, 15) is 13.2 Å². The number of rotatable bonds is 9. The normalized spacial score (nSPS) is 11.2. The van der Waals surface area contributed by atoms with E-state index in [-0.39, 0.29) is 10.8 Å². The van der Waals surface area contributed by atoms with Crippen LogP contribution in [0.15, 0.2) is 77.7 Å². The summed E-state index contributed by atoms with van der Waals surface area (Å²) in [5.41, 5.74) is 2.44. The van der Waals surface area contributed by atoms with Crippen molar-refractivity contribution in [2.75, 3.05) is 17.9 Å². The molecule has 7 heteroatoms. The second-order valence-corrected chi connectivity index (χ2v) is 9.38. The van der Waals surface area contributed by atoms with Gasteiger partial charge >= 0.3 is 0 Å². The van der Waals surface area contributed by atoms with Crippen LogP contribution in [0.4, 0.5) is 5.69 Å². The second kappa shape index (κ2) is 10.3. The van der Waals surface area contributed by atoms with Crippen LogP contribution in [0.1, 0.15) is 41.3 Å². The van der Waals surface area contributed by atoms with Crippen molar-refractivity contribution in [3.63, 3.8) is 0 Å². The minimum atomic E-state index is -3.74. The average molecular weight is 453 g/mol. The zero-order chi connectivity index (χ0) is 23.1. The van der Waals surface area contributed by atoms with Crippen molar-refractivity contribution in [3.8, 4) is 5.75 Å². The molecule has 1 amide bonds. The Bertz CT molecular complexity index is 1180. The predicted octanol–water partition coefficient (Wildman–Crippen LogP) is 4.73. The Kier molecular flexibility index (Phi) is 7.53. The third-order valence-electron chi connectivity index (χ3n) is 5.06. The Labute approximate surface area is 189 Å². The second-order valence-electron chi connectivity index (χ2n) is 7.69. The Morgan fingerprint density at radius 1 is 0.938 bits per heavy atom. The first-order chi connectivity index (χ1) is 15.3. The molecule has 0 saturated heterocycles. The van der Waals surface area contributed by atoms with E-state index in [1.165, 1.54) is 12.1 Å². The lowest BCUT2D eigenvalue weighted by molar-refractivity contribution is 0.0946. The number of hydrogen-bond acceptors (Lipinski definition) is 4. The van der Waals surface area contributed by atoms with Crippen molar-refractivity contribution < 1.29 is 17.9 Å². The van der Waals surface area contributed by atoms with Gasteiger partial charge in [0.25, 0.3) is 15.9 Å². The summed E-state index contributed by atoms with van der Waals surface area (Å²) in [4.78, 5) is 12.9. The van der Waals surface area contributed by atoms with Gasteiger partial charge in [0.2, 0.25) is 0 Å². The topological polar surface area (TPSA) is 84.5 Å². The molecule has 0 aromatic heterocycles. The van der Waals surface area contributed by atoms with Crippen molar-refractivity contribution in [1.82, 2.24) is 5.32 Å². The molecule has 0 saturated carbocycles. The van der Waals surface area contributed by atoms with Gasteiger partial charge in [-0.25, -0.2) is 8.42 Å². The highest BCUT2D eigenvalue weighted by molar-refractivity contribution is 7.92. The first kappa shape index (κ1) is 23.3. The highest BCUT2D eigenvalue weighted by Gasteiger charge is 2.17. The number of anilines is 1. The number of para-hydroxylation sites is 1. The highest BCUT2D eigenvalue weighted by Crippen LogP contribution is 2.26. The summed E-state index contributed by atoms with van der Waals surface area (Å²) in [7, 11) is -3.74. The summed E-state index contributed by atoms with van der Waals surface area (Å²) in [6.07, 6.45) is 0. The number of ether oxygens (including phenoxy) is 1. The van der Waals surface area contributed by atoms with E-state index < -0.39 is 10.0 Å². The van der Waals surface area contributed by atoms with Crippen LogP contribution in [0, 0.1) is 6.92 Å². The predicted molar refractivity (Wildman–Crippen MR) is 127 cm³/mol. The van der Waals surface area contributed by atoms with Crippen LogP contribution in [0.3, 0.4) is 0 Å². The van der Waals surface area contributed by atoms with Gasteiger partial charge in [-0.15, -0.1) is 0 Å². The standard InChI is InChI=1S/C25H28N2O4S/c1-18(2)21-12-7-8-15-24(21)31-17-16-26-25(28)22-13-9-14-23(19(22)3)27-32(29,30)20-10-5-4-6-11-20/h4-15,18,27H,16-17H2,1-3H3,(H,26,28). The molecule has 3 aromatic carbocycles. The molecule has 3 aromatic rings. The minimum Gasteiger partial charge on any atom is -0.491 e. The van der Waals surface area contributed by atoms with Crippen LogP contribution in [-0.4, -0.2) is 27.5 Å². The summed E-state index contributed by atoms with van der Waals surface area (Å²) in [6, 6.07) is 20.9. The number of carbonyl (C=O) groups excluding carboxylic acids is 1. The largest absolute Gasteiger partial charge is 0.491 e. The molecule has 0 aliphatic rings. The van der Waals surface area contributed by atoms with Crippen molar-refractivity contribution in [3.05, 3.63) is 89.5 Å². The fraction of sp³-hybridized carbons (Fsp3) is 0.240. The van der Waals surface area contributed by atoms with Crippen LogP contribution in [0.5, 0.6) is 5.75 Å². The van der Waals surface area contributed by atoms with Gasteiger partial charge in [0, 0.05) is 5.56 Å². The van der Waals surface area contributed by atoms with Crippen molar-refractivity contribution in [2.24, 2.45) is 0 Å². The first-order valence-corrected chi connectivity index (χ1v) is 12.0. The molecule has 0 radical (unpaired) electrons. The molecule has 0 aliphatic carbocycles. The van der Waals surface area contributed by atoms with Gasteiger partial charge in [-0.1, -0.05) is 56.3 Å². The Morgan fingerprint density at radius 2 is 1.62 bits per heavy atom. The van der Waals surface area contributed by atoms with E-state index in [1.807, 2.05) is 24.3 Å². The summed E-state index contributed by atoms with van der Waals surface area (Å²) >= 11 is 0. The fourth-order valence-corrected chi connectivity index (χ4v) is 4.45. The zero-order valence-corrected chi connectivity index (χ0v) is 19.3. The van der Waals surface area contributed by atoms with E-state index in [4.69, 9.17) is 4.74 Å². The average Bonchev–Trinajstić information content (AvgIpc) is 2.78.